The summed E-state index contributed by atoms with van der Waals surface area (Å²) in [7, 11) is 2.06. The van der Waals surface area contributed by atoms with E-state index < -0.39 is 0 Å². The van der Waals surface area contributed by atoms with Crippen LogP contribution < -0.4 is 5.32 Å². The Balaban J connectivity index is 1.94. The van der Waals surface area contributed by atoms with E-state index in [4.69, 9.17) is 0 Å². The lowest BCUT2D eigenvalue weighted by Crippen LogP contribution is -2.32. The maximum atomic E-state index is 13.2. The summed E-state index contributed by atoms with van der Waals surface area (Å²) in [6.45, 7) is 2.07. The fraction of sp³-hybridized carbons (Fsp3) is 0.625. The van der Waals surface area contributed by atoms with Crippen molar-refractivity contribution in [2.24, 2.45) is 5.92 Å². The van der Waals surface area contributed by atoms with Gasteiger partial charge in [0, 0.05) is 6.04 Å². The van der Waals surface area contributed by atoms with Gasteiger partial charge in [-0.2, -0.15) is 0 Å². The first-order valence-electron chi connectivity index (χ1n) is 7.13. The molecule has 0 bridgehead atoms. The summed E-state index contributed by atoms with van der Waals surface area (Å²) in [5.41, 5.74) is 2.37. The highest BCUT2D eigenvalue weighted by Gasteiger charge is 2.23. The van der Waals surface area contributed by atoms with Crippen molar-refractivity contribution in [2.75, 3.05) is 7.05 Å². The molecule has 0 aliphatic heterocycles. The average molecular weight is 249 g/mol. The van der Waals surface area contributed by atoms with E-state index in [0.717, 1.165) is 24.3 Å². The Kier molecular flexibility index (Phi) is 4.76. The van der Waals surface area contributed by atoms with Crippen LogP contribution >= 0.6 is 0 Å². The van der Waals surface area contributed by atoms with Crippen molar-refractivity contribution >= 4 is 0 Å². The lowest BCUT2D eigenvalue weighted by Gasteiger charge is -2.23. The molecule has 0 spiro atoms. The number of nitrogens with one attached hydrogen (secondary N) is 1. The Morgan fingerprint density at radius 1 is 1.33 bits per heavy atom. The van der Waals surface area contributed by atoms with Gasteiger partial charge in [0.25, 0.3) is 0 Å². The van der Waals surface area contributed by atoms with Gasteiger partial charge < -0.3 is 5.32 Å². The van der Waals surface area contributed by atoms with Crippen molar-refractivity contribution in [3.63, 3.8) is 0 Å². The predicted molar refractivity (Wildman–Crippen MR) is 74.3 cm³/mol. The van der Waals surface area contributed by atoms with Crippen LogP contribution in [-0.2, 0) is 6.42 Å². The number of aryl methyl sites for hydroxylation is 2. The van der Waals surface area contributed by atoms with Crippen molar-refractivity contribution in [3.05, 3.63) is 35.1 Å². The second-order valence-electron chi connectivity index (χ2n) is 5.55. The summed E-state index contributed by atoms with van der Waals surface area (Å²) in [6, 6.07) is 5.71. The molecule has 0 heterocycles. The topological polar surface area (TPSA) is 12.0 Å². The normalized spacial score (nSPS) is 18.2. The van der Waals surface area contributed by atoms with E-state index in [1.807, 2.05) is 6.07 Å². The fourth-order valence-electron chi connectivity index (χ4n) is 3.20. The molecule has 1 saturated carbocycles. The molecular formula is C16H24FN. The Bertz CT molecular complexity index is 383. The van der Waals surface area contributed by atoms with Crippen molar-refractivity contribution < 1.29 is 4.39 Å². The molecule has 1 aromatic carbocycles. The van der Waals surface area contributed by atoms with Crippen molar-refractivity contribution in [1.82, 2.24) is 5.32 Å². The highest BCUT2D eigenvalue weighted by atomic mass is 19.1. The molecule has 1 fully saturated rings. The highest BCUT2D eigenvalue weighted by Crippen LogP contribution is 2.29. The number of rotatable bonds is 5. The zero-order valence-corrected chi connectivity index (χ0v) is 11.5. The Morgan fingerprint density at radius 3 is 2.72 bits per heavy atom. The molecule has 1 aliphatic carbocycles. The van der Waals surface area contributed by atoms with Gasteiger partial charge >= 0.3 is 0 Å². The van der Waals surface area contributed by atoms with E-state index in [1.165, 1.54) is 31.2 Å². The minimum absolute atomic E-state index is 0.113. The molecule has 2 heteroatoms. The molecule has 1 N–H and O–H groups in total. The van der Waals surface area contributed by atoms with Gasteiger partial charge in [-0.25, -0.2) is 4.39 Å². The van der Waals surface area contributed by atoms with Gasteiger partial charge in [0.1, 0.15) is 5.82 Å². The Labute approximate surface area is 110 Å². The van der Waals surface area contributed by atoms with Crippen LogP contribution in [0.25, 0.3) is 0 Å². The lowest BCUT2D eigenvalue weighted by molar-refractivity contribution is 0.359. The first-order chi connectivity index (χ1) is 8.70. The molecule has 0 saturated heterocycles. The molecule has 1 unspecified atom stereocenters. The van der Waals surface area contributed by atoms with Gasteiger partial charge in [0.05, 0.1) is 0 Å². The van der Waals surface area contributed by atoms with Gasteiger partial charge in [-0.3, -0.25) is 0 Å². The zero-order chi connectivity index (χ0) is 13.0. The number of halogens is 1. The SMILES string of the molecule is CNC(CCc1cc(F)ccc1C)C1CCCC1. The van der Waals surface area contributed by atoms with E-state index in [-0.39, 0.29) is 5.82 Å². The van der Waals surface area contributed by atoms with E-state index >= 15 is 0 Å². The van der Waals surface area contributed by atoms with Crippen LogP contribution in [0.5, 0.6) is 0 Å². The van der Waals surface area contributed by atoms with Crippen LogP contribution in [0.1, 0.15) is 43.2 Å². The summed E-state index contributed by atoms with van der Waals surface area (Å²) in [4.78, 5) is 0. The summed E-state index contributed by atoms with van der Waals surface area (Å²) >= 11 is 0. The summed E-state index contributed by atoms with van der Waals surface area (Å²) < 4.78 is 13.2. The van der Waals surface area contributed by atoms with Crippen LogP contribution in [0.15, 0.2) is 18.2 Å². The number of benzene rings is 1. The maximum absolute atomic E-state index is 13.2. The van der Waals surface area contributed by atoms with Crippen LogP contribution in [0.3, 0.4) is 0 Å². The van der Waals surface area contributed by atoms with E-state index in [2.05, 4.69) is 19.3 Å². The molecule has 1 nitrogen and oxygen atoms in total. The molecule has 100 valence electrons. The van der Waals surface area contributed by atoms with Crippen molar-refractivity contribution in [3.8, 4) is 0 Å². The summed E-state index contributed by atoms with van der Waals surface area (Å²) in [6.07, 6.45) is 7.56. The minimum atomic E-state index is -0.113. The molecule has 0 amide bonds. The van der Waals surface area contributed by atoms with Gasteiger partial charge in [-0.1, -0.05) is 18.9 Å². The van der Waals surface area contributed by atoms with E-state index in [0.29, 0.717) is 6.04 Å². The number of hydrogen-bond donors (Lipinski definition) is 1. The molecule has 2 rings (SSSR count). The molecule has 1 atom stereocenters. The standard InChI is InChI=1S/C16H24FN/c1-12-7-9-15(17)11-14(12)8-10-16(18-2)13-5-3-4-6-13/h7,9,11,13,16,18H,3-6,8,10H2,1-2H3. The average Bonchev–Trinajstić information content (AvgIpc) is 2.88. The molecule has 0 aromatic heterocycles. The quantitative estimate of drug-likeness (QED) is 0.836. The van der Waals surface area contributed by atoms with Gasteiger partial charge in [0.2, 0.25) is 0 Å². The largest absolute Gasteiger partial charge is 0.317 e. The van der Waals surface area contributed by atoms with Crippen LogP contribution in [0.2, 0.25) is 0 Å². The minimum Gasteiger partial charge on any atom is -0.317 e. The monoisotopic (exact) mass is 249 g/mol. The first kappa shape index (κ1) is 13.5. The summed E-state index contributed by atoms with van der Waals surface area (Å²) in [5.74, 6) is 0.710. The second-order valence-corrected chi connectivity index (χ2v) is 5.55. The molecule has 0 radical (unpaired) electrons. The summed E-state index contributed by atoms with van der Waals surface area (Å²) in [5, 5.41) is 3.45. The second kappa shape index (κ2) is 6.33. The number of hydrogen-bond acceptors (Lipinski definition) is 1. The molecule has 1 aromatic rings. The van der Waals surface area contributed by atoms with E-state index in [1.54, 1.807) is 12.1 Å². The van der Waals surface area contributed by atoms with E-state index in [9.17, 15) is 4.39 Å². The van der Waals surface area contributed by atoms with Crippen LogP contribution in [-0.4, -0.2) is 13.1 Å². The molecular weight excluding hydrogens is 225 g/mol. The van der Waals surface area contributed by atoms with Gasteiger partial charge in [0.15, 0.2) is 0 Å². The smallest absolute Gasteiger partial charge is 0.123 e. The lowest BCUT2D eigenvalue weighted by atomic mass is 9.91. The third-order valence-corrected chi connectivity index (χ3v) is 4.38. The van der Waals surface area contributed by atoms with Crippen LogP contribution in [0.4, 0.5) is 4.39 Å². The fourth-order valence-corrected chi connectivity index (χ4v) is 3.20. The predicted octanol–water partition coefficient (Wildman–Crippen LogP) is 3.84. The van der Waals surface area contributed by atoms with Gasteiger partial charge in [-0.05, 0) is 68.8 Å². The Hall–Kier alpha value is -0.890. The van der Waals surface area contributed by atoms with Crippen LogP contribution in [0, 0.1) is 18.7 Å². The maximum Gasteiger partial charge on any atom is 0.123 e. The Morgan fingerprint density at radius 2 is 2.06 bits per heavy atom. The first-order valence-corrected chi connectivity index (χ1v) is 7.13. The molecule has 18 heavy (non-hydrogen) atoms. The van der Waals surface area contributed by atoms with Gasteiger partial charge in [-0.15, -0.1) is 0 Å². The van der Waals surface area contributed by atoms with Crippen molar-refractivity contribution in [1.29, 1.82) is 0 Å². The van der Waals surface area contributed by atoms with Crippen molar-refractivity contribution in [2.45, 2.75) is 51.5 Å². The third-order valence-electron chi connectivity index (χ3n) is 4.38. The third kappa shape index (κ3) is 3.32. The zero-order valence-electron chi connectivity index (χ0n) is 11.5. The molecule has 1 aliphatic rings. The highest BCUT2D eigenvalue weighted by molar-refractivity contribution is 5.26.